The van der Waals surface area contributed by atoms with Gasteiger partial charge in [0.15, 0.2) is 5.78 Å². The number of nitrogens with zero attached hydrogens (tertiary/aromatic N) is 5. The summed E-state index contributed by atoms with van der Waals surface area (Å²) < 4.78 is 31.6. The summed E-state index contributed by atoms with van der Waals surface area (Å²) in [5, 5.41) is 35.2. The third-order valence-corrected chi connectivity index (χ3v) is 15.2. The molecule has 4 heterocycles. The van der Waals surface area contributed by atoms with E-state index in [2.05, 4.69) is 15.5 Å². The number of Topliss-reactive ketones (excluding diaryl/α,β-unsaturated/α-hetero) is 3. The lowest BCUT2D eigenvalue weighted by Crippen LogP contribution is -2.61. The zero-order valence-corrected chi connectivity index (χ0v) is 42.5. The highest BCUT2D eigenvalue weighted by Gasteiger charge is 2.53. The number of allylic oxidation sites excluding steroid dienone is 6. The molecule has 3 fully saturated rings. The fourth-order valence-corrected chi connectivity index (χ4v) is 10.7. The molecule has 1 aromatic heterocycles. The number of methoxy groups -OCH3 is 3. The monoisotopic (exact) mass is 966 g/mol. The average Bonchev–Trinajstić information content (AvgIpc) is 3.88. The molecule has 0 radical (unpaired) electrons. The lowest BCUT2D eigenvalue weighted by molar-refractivity contribution is -0.265. The number of esters is 1. The first-order chi connectivity index (χ1) is 32.8. The van der Waals surface area contributed by atoms with Crippen LogP contribution >= 0.6 is 0 Å². The molecule has 0 spiro atoms. The molecule has 5 rings (SSSR count). The predicted molar refractivity (Wildman–Crippen MR) is 256 cm³/mol. The molecule has 2 N–H and O–H groups in total. The van der Waals surface area contributed by atoms with Gasteiger partial charge in [-0.15, -0.1) is 5.10 Å². The van der Waals surface area contributed by atoms with E-state index < -0.39 is 77.8 Å². The normalized spacial score (nSPS) is 38.8. The van der Waals surface area contributed by atoms with Crippen LogP contribution in [0.3, 0.4) is 0 Å². The Morgan fingerprint density at radius 1 is 0.884 bits per heavy atom. The van der Waals surface area contributed by atoms with Crippen molar-refractivity contribution in [3.63, 3.8) is 0 Å². The van der Waals surface area contributed by atoms with E-state index in [0.717, 1.165) is 18.4 Å². The standard InChI is InChI=1S/C52H79N5O12/c1-31-16-12-11-13-17-32(2)43(65-8)28-39-21-19-37(7)52(64,69-39)49(61)50(62)56-23-15-14-18-41(56)51(63)68-44(34(4)26-38-20-22-40(45(27-38)66-9)57-30-53-54-55-57)29-42(58)33(3)25-36(6)47(60)48(67-10)46(59)35(5)24-31/h11-13,16-17,25,30-31,33-35,37-41,43-45,47-48,60,64H,14-15,18-24,26-29H2,1-10H3/b13-11+,16-12-,32-17+,36-25+. The summed E-state index contributed by atoms with van der Waals surface area (Å²) in [6.45, 7) is 12.8. The zero-order valence-electron chi connectivity index (χ0n) is 42.5. The van der Waals surface area contributed by atoms with Crippen LogP contribution < -0.4 is 0 Å². The van der Waals surface area contributed by atoms with Gasteiger partial charge in [0.05, 0.1) is 24.4 Å². The van der Waals surface area contributed by atoms with Gasteiger partial charge in [-0.3, -0.25) is 19.2 Å². The number of rotatable bonds is 7. The van der Waals surface area contributed by atoms with Crippen LogP contribution in [0, 0.1) is 35.5 Å². The van der Waals surface area contributed by atoms with Crippen LogP contribution in [0.4, 0.5) is 0 Å². The quantitative estimate of drug-likeness (QED) is 0.181. The molecule has 1 saturated carbocycles. The highest BCUT2D eigenvalue weighted by Crippen LogP contribution is 2.39. The number of ketones is 3. The number of carbonyl (C=O) groups excluding carboxylic acids is 5. The van der Waals surface area contributed by atoms with Gasteiger partial charge in [-0.1, -0.05) is 71.1 Å². The summed E-state index contributed by atoms with van der Waals surface area (Å²) in [4.78, 5) is 72.3. The molecule has 17 nitrogen and oxygen atoms in total. The summed E-state index contributed by atoms with van der Waals surface area (Å²) in [7, 11) is 4.62. The van der Waals surface area contributed by atoms with Crippen molar-refractivity contribution >= 4 is 29.2 Å². The number of piperidine rings is 1. The van der Waals surface area contributed by atoms with E-state index >= 15 is 0 Å². The van der Waals surface area contributed by atoms with E-state index in [-0.39, 0.29) is 60.9 Å². The van der Waals surface area contributed by atoms with Crippen LogP contribution in [0.1, 0.15) is 132 Å². The SMILES string of the molecule is COC1CC2CCC(C)C(O)(O2)C(=O)C(=O)N2CCCCC2C(=O)OC(C(C)CC2CCC(n3cnnn3)C(OC)C2)CC(=O)C(C)/C=C(\C)C(O)C(OC)C(=O)C(C)CC(C)\C=C/C=C/C=C/1C. The van der Waals surface area contributed by atoms with Gasteiger partial charge in [0.1, 0.15) is 36.5 Å². The Morgan fingerprint density at radius 3 is 2.32 bits per heavy atom. The first-order valence-corrected chi connectivity index (χ1v) is 25.0. The average molecular weight is 966 g/mol. The van der Waals surface area contributed by atoms with Gasteiger partial charge >= 0.3 is 5.97 Å². The molecular weight excluding hydrogens is 887 g/mol. The predicted octanol–water partition coefficient (Wildman–Crippen LogP) is 6.05. The van der Waals surface area contributed by atoms with Crippen molar-refractivity contribution < 1.29 is 57.9 Å². The van der Waals surface area contributed by atoms with Crippen LogP contribution in [0.2, 0.25) is 0 Å². The molecular formula is C52H79N5O12. The first kappa shape index (κ1) is 55.7. The number of amides is 1. The maximum atomic E-state index is 14.5. The van der Waals surface area contributed by atoms with Crippen molar-refractivity contribution in [2.45, 2.75) is 180 Å². The van der Waals surface area contributed by atoms with E-state index in [1.165, 1.54) is 12.0 Å². The fourth-order valence-electron chi connectivity index (χ4n) is 10.7. The molecule has 17 heteroatoms. The number of hydrogen-bond donors (Lipinski definition) is 2. The van der Waals surface area contributed by atoms with Gasteiger partial charge < -0.3 is 38.8 Å². The number of hydrogen-bond acceptors (Lipinski definition) is 15. The minimum atomic E-state index is -2.43. The Bertz CT molecular complexity index is 2020. The lowest BCUT2D eigenvalue weighted by Gasteiger charge is -2.42. The summed E-state index contributed by atoms with van der Waals surface area (Å²) >= 11 is 0. The minimum absolute atomic E-state index is 0.0170. The van der Waals surface area contributed by atoms with E-state index in [1.807, 2.05) is 58.1 Å². The van der Waals surface area contributed by atoms with E-state index in [9.17, 15) is 34.2 Å². The molecule has 3 aliphatic heterocycles. The Hall–Kier alpha value is -4.26. The van der Waals surface area contributed by atoms with Crippen LogP contribution in [0.25, 0.3) is 0 Å². The Balaban J connectivity index is 1.46. The van der Waals surface area contributed by atoms with Crippen LogP contribution in [0.5, 0.6) is 0 Å². The number of ether oxygens (including phenoxy) is 5. The minimum Gasteiger partial charge on any atom is -0.460 e. The molecule has 4 aliphatic rings. The first-order valence-electron chi connectivity index (χ1n) is 25.0. The second kappa shape index (κ2) is 25.7. The third-order valence-electron chi connectivity index (χ3n) is 15.2. The summed E-state index contributed by atoms with van der Waals surface area (Å²) in [5.41, 5.74) is 1.27. The maximum Gasteiger partial charge on any atom is 0.329 e. The van der Waals surface area contributed by atoms with Gasteiger partial charge in [-0.05, 0) is 117 Å². The molecule has 69 heavy (non-hydrogen) atoms. The summed E-state index contributed by atoms with van der Waals surface area (Å²) in [5.74, 6) is -7.92. The second-order valence-corrected chi connectivity index (χ2v) is 20.4. The Morgan fingerprint density at radius 2 is 1.64 bits per heavy atom. The third kappa shape index (κ3) is 14.2. The number of aromatic nitrogens is 4. The molecule has 1 aliphatic carbocycles. The summed E-state index contributed by atoms with van der Waals surface area (Å²) in [6.07, 6.45) is 13.9. The van der Waals surface area contributed by atoms with Crippen LogP contribution in [0.15, 0.2) is 53.9 Å². The number of aliphatic hydroxyl groups excluding tert-OH is 1. The largest absolute Gasteiger partial charge is 0.460 e. The maximum absolute atomic E-state index is 14.5. The summed E-state index contributed by atoms with van der Waals surface area (Å²) in [6, 6.07) is -1.19. The fraction of sp³-hybridized carbons (Fsp3) is 0.731. The van der Waals surface area contributed by atoms with Crippen molar-refractivity contribution in [1.82, 2.24) is 25.1 Å². The highest BCUT2D eigenvalue weighted by atomic mass is 16.6. The molecule has 384 valence electrons. The molecule has 1 aromatic rings. The van der Waals surface area contributed by atoms with Gasteiger partial charge in [0.25, 0.3) is 11.7 Å². The molecule has 15 unspecified atom stereocenters. The number of cyclic esters (lactones) is 1. The van der Waals surface area contributed by atoms with Crippen molar-refractivity contribution in [2.75, 3.05) is 27.9 Å². The zero-order chi connectivity index (χ0) is 50.6. The van der Waals surface area contributed by atoms with E-state index in [1.54, 1.807) is 52.1 Å². The van der Waals surface area contributed by atoms with Crippen molar-refractivity contribution in [2.24, 2.45) is 35.5 Å². The van der Waals surface area contributed by atoms with E-state index in [0.29, 0.717) is 56.9 Å². The molecule has 15 atom stereocenters. The van der Waals surface area contributed by atoms with Crippen molar-refractivity contribution in [3.05, 3.63) is 53.9 Å². The highest BCUT2D eigenvalue weighted by molar-refractivity contribution is 6.39. The lowest BCUT2D eigenvalue weighted by atomic mass is 9.77. The molecule has 2 saturated heterocycles. The number of aliphatic hydroxyl groups is 2. The molecule has 2 bridgehead atoms. The van der Waals surface area contributed by atoms with Gasteiger partial charge in [0, 0.05) is 58.5 Å². The number of fused-ring (bicyclic) bond motifs is 3. The Labute approximate surface area is 408 Å². The van der Waals surface area contributed by atoms with Gasteiger partial charge in [-0.25, -0.2) is 9.48 Å². The topological polar surface area (TPSA) is 219 Å². The molecule has 0 aromatic carbocycles. The molecule has 1 amide bonds. The van der Waals surface area contributed by atoms with Gasteiger partial charge in [0.2, 0.25) is 5.79 Å². The second-order valence-electron chi connectivity index (χ2n) is 20.4. The van der Waals surface area contributed by atoms with Crippen LogP contribution in [-0.2, 0) is 47.7 Å². The number of tetrazole rings is 1. The smallest absolute Gasteiger partial charge is 0.329 e. The Kier molecular flexibility index (Phi) is 20.8. The van der Waals surface area contributed by atoms with Crippen molar-refractivity contribution in [3.8, 4) is 0 Å². The van der Waals surface area contributed by atoms with Gasteiger partial charge in [-0.2, -0.15) is 0 Å². The van der Waals surface area contributed by atoms with E-state index in [4.69, 9.17) is 23.7 Å². The van der Waals surface area contributed by atoms with Crippen LogP contribution in [-0.4, -0.2) is 141 Å². The van der Waals surface area contributed by atoms with Crippen molar-refractivity contribution in [1.29, 1.82) is 0 Å². The number of carbonyl (C=O) groups is 5.